The molecule has 2 fully saturated rings. The molecule has 16 heteroatoms. The van der Waals surface area contributed by atoms with Gasteiger partial charge in [-0.2, -0.15) is 18.2 Å². The number of rotatable bonds is 11. The summed E-state index contributed by atoms with van der Waals surface area (Å²) in [6, 6.07) is 7.20. The summed E-state index contributed by atoms with van der Waals surface area (Å²) in [6.07, 6.45) is -4.57. The van der Waals surface area contributed by atoms with Crippen molar-refractivity contribution in [3.63, 3.8) is 0 Å². The summed E-state index contributed by atoms with van der Waals surface area (Å²) in [5.41, 5.74) is 1.78. The van der Waals surface area contributed by atoms with E-state index in [1.165, 1.54) is 11.3 Å². The van der Waals surface area contributed by atoms with Crippen molar-refractivity contribution >= 4 is 54.9 Å². The highest BCUT2D eigenvalue weighted by Crippen LogP contribution is 2.44. The van der Waals surface area contributed by atoms with Crippen LogP contribution in [0.25, 0.3) is 20.8 Å². The SMILES string of the molecule is Cc1nc(NCC(F)(F)F)nc(N[C@@H]2C[C@H](CNS(=O)(=O)CCCCl)[C@H]3OC(C)(C)O[C@H]32)c1-c1nc2ccccc2s1. The first-order chi connectivity index (χ1) is 19.7. The number of alkyl halides is 4. The number of nitrogens with zero attached hydrogens (tertiary/aromatic N) is 3. The third kappa shape index (κ3) is 7.25. The summed E-state index contributed by atoms with van der Waals surface area (Å²) in [6.45, 7) is 4.10. The number of aryl methyl sites for hydroxylation is 1. The van der Waals surface area contributed by atoms with Crippen molar-refractivity contribution in [2.75, 3.05) is 35.4 Å². The van der Waals surface area contributed by atoms with Gasteiger partial charge in [0.2, 0.25) is 16.0 Å². The molecule has 3 aromatic rings. The summed E-state index contributed by atoms with van der Waals surface area (Å²) in [7, 11) is -3.53. The molecule has 1 saturated heterocycles. The summed E-state index contributed by atoms with van der Waals surface area (Å²) in [4.78, 5) is 13.5. The van der Waals surface area contributed by atoms with Gasteiger partial charge in [0.25, 0.3) is 0 Å². The van der Waals surface area contributed by atoms with Gasteiger partial charge in [-0.05, 0) is 45.7 Å². The van der Waals surface area contributed by atoms with Crippen LogP contribution in [0.15, 0.2) is 24.3 Å². The molecule has 0 spiro atoms. The second-order valence-corrected chi connectivity index (χ2v) is 14.2. The van der Waals surface area contributed by atoms with Crippen molar-refractivity contribution in [3.8, 4) is 10.6 Å². The van der Waals surface area contributed by atoms with Crippen molar-refractivity contribution in [1.29, 1.82) is 0 Å². The molecule has 2 aromatic heterocycles. The number of hydrogen-bond acceptors (Lipinski definition) is 10. The van der Waals surface area contributed by atoms with E-state index in [9.17, 15) is 21.6 Å². The molecule has 0 radical (unpaired) electrons. The molecule has 230 valence electrons. The highest BCUT2D eigenvalue weighted by molar-refractivity contribution is 7.89. The van der Waals surface area contributed by atoms with E-state index in [1.54, 1.807) is 20.8 Å². The third-order valence-electron chi connectivity index (χ3n) is 7.06. The Morgan fingerprint density at radius 2 is 1.88 bits per heavy atom. The first kappa shape index (κ1) is 31.1. The minimum absolute atomic E-state index is 0.0821. The Morgan fingerprint density at radius 3 is 2.60 bits per heavy atom. The molecular formula is C26H32ClF3N6O4S2. The first-order valence-electron chi connectivity index (χ1n) is 13.4. The van der Waals surface area contributed by atoms with Gasteiger partial charge in [-0.25, -0.2) is 23.1 Å². The Labute approximate surface area is 250 Å². The number of para-hydroxylation sites is 1. The average Bonchev–Trinajstić information content (AvgIpc) is 3.55. The molecule has 5 rings (SSSR count). The normalized spacial score (nSPS) is 23.8. The number of thiazole rings is 1. The van der Waals surface area contributed by atoms with E-state index in [0.29, 0.717) is 34.9 Å². The zero-order valence-corrected chi connectivity index (χ0v) is 25.6. The van der Waals surface area contributed by atoms with Gasteiger partial charge in [0.15, 0.2) is 5.79 Å². The van der Waals surface area contributed by atoms with Crippen LogP contribution in [0.3, 0.4) is 0 Å². The van der Waals surface area contributed by atoms with E-state index in [-0.39, 0.29) is 30.0 Å². The third-order valence-corrected chi connectivity index (χ3v) is 9.81. The van der Waals surface area contributed by atoms with E-state index >= 15 is 0 Å². The van der Waals surface area contributed by atoms with Gasteiger partial charge in [-0.15, -0.1) is 22.9 Å². The van der Waals surface area contributed by atoms with Gasteiger partial charge in [0.05, 0.1) is 39.4 Å². The number of hydrogen-bond donors (Lipinski definition) is 3. The Balaban J connectivity index is 1.46. The van der Waals surface area contributed by atoms with Crippen molar-refractivity contribution in [2.45, 2.75) is 63.8 Å². The number of aromatic nitrogens is 3. The van der Waals surface area contributed by atoms with Gasteiger partial charge in [-0.1, -0.05) is 12.1 Å². The summed E-state index contributed by atoms with van der Waals surface area (Å²) in [5, 5.41) is 6.28. The standard InChI is InChI=1S/C26H32ClF3N6O4S2/c1-14-19(23-35-16-7-4-5-8-18(16)41-23)22(36-24(33-14)31-13-26(28,29)30)34-17-11-15(12-32-42(37,38)10-6-9-27)20-21(17)40-25(2,3)39-20/h4-5,7-8,15,17,20-21,32H,6,9-13H2,1-3H3,(H2,31,33,34,36)/t15-,17-,20-,21+/m1/s1. The number of nitrogens with one attached hydrogen (secondary N) is 3. The Hall–Kier alpha value is -2.30. The van der Waals surface area contributed by atoms with E-state index in [0.717, 1.165) is 10.2 Å². The monoisotopic (exact) mass is 648 g/mol. The molecule has 0 unspecified atom stereocenters. The van der Waals surface area contributed by atoms with E-state index < -0.39 is 46.8 Å². The molecule has 1 saturated carbocycles. The maximum atomic E-state index is 13.0. The predicted octanol–water partition coefficient (Wildman–Crippen LogP) is 4.90. The largest absolute Gasteiger partial charge is 0.405 e. The number of sulfonamides is 1. The van der Waals surface area contributed by atoms with Gasteiger partial charge in [0, 0.05) is 18.3 Å². The lowest BCUT2D eigenvalue weighted by molar-refractivity contribution is -0.156. The van der Waals surface area contributed by atoms with Crippen molar-refractivity contribution in [2.24, 2.45) is 5.92 Å². The lowest BCUT2D eigenvalue weighted by Crippen LogP contribution is -2.36. The number of ether oxygens (including phenoxy) is 2. The molecule has 2 aliphatic rings. The predicted molar refractivity (Wildman–Crippen MR) is 156 cm³/mol. The molecule has 0 amide bonds. The second kappa shape index (κ2) is 12.0. The molecule has 1 aliphatic carbocycles. The summed E-state index contributed by atoms with van der Waals surface area (Å²) in [5.74, 6) is -0.882. The molecule has 4 atom stereocenters. The smallest absolute Gasteiger partial charge is 0.364 e. The molecule has 1 aliphatic heterocycles. The quantitative estimate of drug-likeness (QED) is 0.249. The Bertz CT molecular complexity index is 1500. The minimum Gasteiger partial charge on any atom is -0.364 e. The zero-order valence-electron chi connectivity index (χ0n) is 23.2. The van der Waals surface area contributed by atoms with Crippen LogP contribution in [0, 0.1) is 12.8 Å². The van der Waals surface area contributed by atoms with Crippen LogP contribution in [0.5, 0.6) is 0 Å². The van der Waals surface area contributed by atoms with E-state index in [1.807, 2.05) is 24.3 Å². The van der Waals surface area contributed by atoms with Crippen LogP contribution in [0.4, 0.5) is 24.9 Å². The Morgan fingerprint density at radius 1 is 1.14 bits per heavy atom. The number of benzene rings is 1. The highest BCUT2D eigenvalue weighted by Gasteiger charge is 2.54. The van der Waals surface area contributed by atoms with Crippen LogP contribution in [-0.4, -0.2) is 78.3 Å². The molecule has 0 bridgehead atoms. The van der Waals surface area contributed by atoms with Crippen LogP contribution in [0.2, 0.25) is 0 Å². The molecule has 42 heavy (non-hydrogen) atoms. The number of halogens is 4. The van der Waals surface area contributed by atoms with Crippen LogP contribution in [-0.2, 0) is 19.5 Å². The van der Waals surface area contributed by atoms with E-state index in [4.69, 9.17) is 26.1 Å². The molecule has 1 aromatic carbocycles. The topological polar surface area (TPSA) is 127 Å². The first-order valence-corrected chi connectivity index (χ1v) is 16.4. The fourth-order valence-corrected chi connectivity index (χ4v) is 7.82. The Kier molecular flexibility index (Phi) is 8.90. The fourth-order valence-electron chi connectivity index (χ4n) is 5.33. The van der Waals surface area contributed by atoms with Crippen molar-refractivity contribution in [1.82, 2.24) is 19.7 Å². The molecule has 3 heterocycles. The van der Waals surface area contributed by atoms with Crippen molar-refractivity contribution in [3.05, 3.63) is 30.0 Å². The van der Waals surface area contributed by atoms with Crippen LogP contribution < -0.4 is 15.4 Å². The fraction of sp³-hybridized carbons (Fsp3) is 0.577. The number of fused-ring (bicyclic) bond motifs is 2. The van der Waals surface area contributed by atoms with Gasteiger partial charge < -0.3 is 20.1 Å². The summed E-state index contributed by atoms with van der Waals surface area (Å²) < 4.78 is 79.9. The van der Waals surface area contributed by atoms with Crippen LogP contribution >= 0.6 is 22.9 Å². The van der Waals surface area contributed by atoms with E-state index in [2.05, 4.69) is 25.3 Å². The molecule has 3 N–H and O–H groups in total. The lowest BCUT2D eigenvalue weighted by Gasteiger charge is -2.25. The minimum atomic E-state index is -4.46. The van der Waals surface area contributed by atoms with Gasteiger partial charge in [-0.3, -0.25) is 0 Å². The van der Waals surface area contributed by atoms with Gasteiger partial charge >= 0.3 is 6.18 Å². The summed E-state index contributed by atoms with van der Waals surface area (Å²) >= 11 is 7.09. The number of anilines is 2. The second-order valence-electron chi connectivity index (χ2n) is 10.8. The molecule has 10 nitrogen and oxygen atoms in total. The van der Waals surface area contributed by atoms with Crippen LogP contribution in [0.1, 0.15) is 32.4 Å². The lowest BCUT2D eigenvalue weighted by atomic mass is 10.1. The average molecular weight is 649 g/mol. The van der Waals surface area contributed by atoms with Crippen molar-refractivity contribution < 1.29 is 31.1 Å². The zero-order chi connectivity index (χ0) is 30.3. The van der Waals surface area contributed by atoms with Gasteiger partial charge in [0.1, 0.15) is 23.5 Å². The maximum Gasteiger partial charge on any atom is 0.405 e. The molecular weight excluding hydrogens is 617 g/mol. The highest BCUT2D eigenvalue weighted by atomic mass is 35.5. The maximum absolute atomic E-state index is 13.0.